The van der Waals surface area contributed by atoms with Crippen LogP contribution in [-0.4, -0.2) is 39.0 Å². The largest absolute Gasteiger partial charge is 0.481 e. The molecule has 0 aliphatic carbocycles. The summed E-state index contributed by atoms with van der Waals surface area (Å²) in [6.07, 6.45) is -0.394. The molecule has 0 spiro atoms. The lowest BCUT2D eigenvalue weighted by molar-refractivity contribution is -0.113. The first-order valence-electron chi connectivity index (χ1n) is 10.2. The molecule has 0 radical (unpaired) electrons. The highest BCUT2D eigenvalue weighted by atomic mass is 35.5. The van der Waals surface area contributed by atoms with Gasteiger partial charge in [0.15, 0.2) is 17.1 Å². The zero-order valence-electron chi connectivity index (χ0n) is 19.0. The highest BCUT2D eigenvalue weighted by Crippen LogP contribution is 2.33. The molecule has 0 saturated heterocycles. The summed E-state index contributed by atoms with van der Waals surface area (Å²) in [7, 11) is 1.81. The molecule has 0 saturated carbocycles. The molecule has 8 nitrogen and oxygen atoms in total. The number of anilines is 1. The minimum atomic E-state index is -0.437. The van der Waals surface area contributed by atoms with E-state index in [1.807, 2.05) is 40.0 Å². The lowest BCUT2D eigenvalue weighted by Crippen LogP contribution is -2.17. The van der Waals surface area contributed by atoms with Crippen molar-refractivity contribution in [2.75, 3.05) is 17.7 Å². The van der Waals surface area contributed by atoms with Crippen LogP contribution in [0.5, 0.6) is 5.75 Å². The van der Waals surface area contributed by atoms with Crippen LogP contribution in [0.15, 0.2) is 29.4 Å². The average Bonchev–Trinajstić information content (AvgIpc) is 3.27. The predicted octanol–water partition coefficient (Wildman–Crippen LogP) is 5.19. The van der Waals surface area contributed by atoms with Crippen LogP contribution in [-0.2, 0) is 16.6 Å². The van der Waals surface area contributed by atoms with Gasteiger partial charge < -0.3 is 19.4 Å². The van der Waals surface area contributed by atoms with Gasteiger partial charge in [0.25, 0.3) is 0 Å². The van der Waals surface area contributed by atoms with Crippen molar-refractivity contribution in [2.24, 2.45) is 7.05 Å². The van der Waals surface area contributed by atoms with Crippen molar-refractivity contribution in [3.05, 3.63) is 51.1 Å². The molecular formula is C22H25ClN4O4S2. The van der Waals surface area contributed by atoms with E-state index >= 15 is 0 Å². The fraction of sp³-hybridized carbons (Fsp3) is 0.364. The van der Waals surface area contributed by atoms with Gasteiger partial charge in [-0.2, -0.15) is 0 Å². The first-order chi connectivity index (χ1) is 15.7. The van der Waals surface area contributed by atoms with Crippen molar-refractivity contribution in [3.63, 3.8) is 0 Å². The Balaban J connectivity index is 1.64. The highest BCUT2D eigenvalue weighted by molar-refractivity contribution is 7.99. The molecule has 0 fully saturated rings. The second kappa shape index (κ2) is 11.0. The van der Waals surface area contributed by atoms with E-state index in [2.05, 4.69) is 15.5 Å². The third kappa shape index (κ3) is 5.87. The zero-order valence-corrected chi connectivity index (χ0v) is 21.4. The maximum Gasteiger partial charge on any atom is 0.341 e. The molecule has 1 atom stereocenters. The fourth-order valence-electron chi connectivity index (χ4n) is 3.05. The summed E-state index contributed by atoms with van der Waals surface area (Å²) >= 11 is 8.76. The monoisotopic (exact) mass is 508 g/mol. The Morgan fingerprint density at radius 3 is 2.70 bits per heavy atom. The van der Waals surface area contributed by atoms with Gasteiger partial charge in [-0.3, -0.25) is 4.79 Å². The number of esters is 1. The zero-order chi connectivity index (χ0) is 24.1. The van der Waals surface area contributed by atoms with Gasteiger partial charge >= 0.3 is 5.97 Å². The number of ether oxygens (including phenoxy) is 2. The number of amides is 1. The maximum absolute atomic E-state index is 12.6. The second-order valence-corrected chi connectivity index (χ2v) is 9.71. The van der Waals surface area contributed by atoms with Crippen molar-refractivity contribution in [1.29, 1.82) is 0 Å². The second-order valence-electron chi connectivity index (χ2n) is 7.13. The highest BCUT2D eigenvalue weighted by Gasteiger charge is 2.23. The van der Waals surface area contributed by atoms with Crippen molar-refractivity contribution >= 4 is 51.6 Å². The van der Waals surface area contributed by atoms with E-state index in [4.69, 9.17) is 21.1 Å². The Kier molecular flexibility index (Phi) is 8.39. The molecule has 2 aromatic heterocycles. The number of carbonyl (C=O) groups is 2. The van der Waals surface area contributed by atoms with Crippen molar-refractivity contribution in [2.45, 2.75) is 39.0 Å². The smallest absolute Gasteiger partial charge is 0.341 e. The van der Waals surface area contributed by atoms with Gasteiger partial charge in [-0.15, -0.1) is 21.5 Å². The van der Waals surface area contributed by atoms with Crippen LogP contribution in [0, 0.1) is 13.8 Å². The topological polar surface area (TPSA) is 95.3 Å². The van der Waals surface area contributed by atoms with Crippen molar-refractivity contribution < 1.29 is 19.1 Å². The minimum absolute atomic E-state index is 0.101. The summed E-state index contributed by atoms with van der Waals surface area (Å²) in [5, 5.41) is 12.8. The quantitative estimate of drug-likeness (QED) is 0.313. The number of carbonyl (C=O) groups excluding carboxylic acids is 2. The number of aromatic nitrogens is 3. The molecule has 0 bridgehead atoms. The number of nitrogens with zero attached hydrogens (tertiary/aromatic N) is 3. The number of hydrogen-bond acceptors (Lipinski definition) is 8. The number of hydrogen-bond donors (Lipinski definition) is 1. The molecule has 0 aliphatic rings. The third-order valence-corrected chi connectivity index (χ3v) is 7.28. The Morgan fingerprint density at radius 2 is 2.00 bits per heavy atom. The van der Waals surface area contributed by atoms with Crippen LogP contribution in [0.4, 0.5) is 5.00 Å². The number of benzene rings is 1. The Morgan fingerprint density at radius 1 is 1.27 bits per heavy atom. The van der Waals surface area contributed by atoms with E-state index in [-0.39, 0.29) is 18.3 Å². The molecular weight excluding hydrogens is 484 g/mol. The SMILES string of the molecule is CCOC(=O)c1c(NC(=O)CSc2nnc(C(C)Oc3ccccc3Cl)n2C)sc(C)c1C. The number of thioether (sulfide) groups is 1. The van der Waals surface area contributed by atoms with E-state index in [1.54, 1.807) is 23.6 Å². The number of thiophene rings is 1. The predicted molar refractivity (Wildman–Crippen MR) is 131 cm³/mol. The number of aryl methyl sites for hydroxylation is 1. The van der Waals surface area contributed by atoms with Gasteiger partial charge in [0, 0.05) is 11.9 Å². The van der Waals surface area contributed by atoms with Gasteiger partial charge in [0.1, 0.15) is 10.8 Å². The molecule has 3 rings (SSSR count). The summed E-state index contributed by atoms with van der Waals surface area (Å²) in [5.74, 6) is 0.572. The molecule has 1 amide bonds. The molecule has 176 valence electrons. The van der Waals surface area contributed by atoms with Crippen LogP contribution < -0.4 is 10.1 Å². The molecule has 1 unspecified atom stereocenters. The molecule has 33 heavy (non-hydrogen) atoms. The normalized spacial score (nSPS) is 11.8. The third-order valence-electron chi connectivity index (χ3n) is 4.82. The number of nitrogens with one attached hydrogen (secondary N) is 1. The summed E-state index contributed by atoms with van der Waals surface area (Å²) in [4.78, 5) is 25.9. The van der Waals surface area contributed by atoms with Gasteiger partial charge in [0.2, 0.25) is 5.91 Å². The standard InChI is InChI=1S/C22H25ClN4O4S2/c1-6-30-21(29)18-12(2)14(4)33-20(18)24-17(28)11-32-22-26-25-19(27(22)5)13(3)31-16-10-8-7-9-15(16)23/h7-10,13H,6,11H2,1-5H3,(H,24,28). The van der Waals surface area contributed by atoms with Crippen LogP contribution >= 0.6 is 34.7 Å². The molecule has 1 aromatic carbocycles. The lowest BCUT2D eigenvalue weighted by atomic mass is 10.1. The first kappa shape index (κ1) is 25.1. The Hall–Kier alpha value is -2.56. The van der Waals surface area contributed by atoms with Crippen molar-refractivity contribution in [1.82, 2.24) is 14.8 Å². The average molecular weight is 509 g/mol. The van der Waals surface area contributed by atoms with Crippen LogP contribution in [0.2, 0.25) is 5.02 Å². The summed E-state index contributed by atoms with van der Waals surface area (Å²) in [6, 6.07) is 7.21. The van der Waals surface area contributed by atoms with Gasteiger partial charge in [-0.25, -0.2) is 4.79 Å². The summed E-state index contributed by atoms with van der Waals surface area (Å²) in [6.45, 7) is 7.61. The molecule has 0 aliphatic heterocycles. The first-order valence-corrected chi connectivity index (χ1v) is 12.4. The Labute approximate surface area is 205 Å². The summed E-state index contributed by atoms with van der Waals surface area (Å²) < 4.78 is 12.8. The molecule has 1 N–H and O–H groups in total. The van der Waals surface area contributed by atoms with Crippen LogP contribution in [0.25, 0.3) is 0 Å². The number of halogens is 1. The van der Waals surface area contributed by atoms with E-state index in [1.165, 1.54) is 23.1 Å². The molecule has 2 heterocycles. The van der Waals surface area contributed by atoms with Crippen LogP contribution in [0.3, 0.4) is 0 Å². The van der Waals surface area contributed by atoms with E-state index < -0.39 is 12.1 Å². The van der Waals surface area contributed by atoms with E-state index in [9.17, 15) is 9.59 Å². The van der Waals surface area contributed by atoms with Gasteiger partial charge in [-0.1, -0.05) is 35.5 Å². The van der Waals surface area contributed by atoms with Gasteiger partial charge in [-0.05, 0) is 45.4 Å². The minimum Gasteiger partial charge on any atom is -0.481 e. The van der Waals surface area contributed by atoms with E-state index in [0.29, 0.717) is 32.3 Å². The summed E-state index contributed by atoms with van der Waals surface area (Å²) in [5.41, 5.74) is 1.22. The maximum atomic E-state index is 12.6. The molecule has 11 heteroatoms. The lowest BCUT2D eigenvalue weighted by Gasteiger charge is -2.15. The Bertz CT molecular complexity index is 1160. The number of rotatable bonds is 9. The number of para-hydroxylation sites is 1. The molecule has 3 aromatic rings. The fourth-order valence-corrected chi connectivity index (χ4v) is 5.01. The van der Waals surface area contributed by atoms with E-state index in [0.717, 1.165) is 10.4 Å². The van der Waals surface area contributed by atoms with Gasteiger partial charge in [0.05, 0.1) is 22.9 Å². The van der Waals surface area contributed by atoms with Crippen LogP contribution in [0.1, 0.15) is 46.6 Å². The van der Waals surface area contributed by atoms with Crippen molar-refractivity contribution in [3.8, 4) is 5.75 Å².